The second-order valence-electron chi connectivity index (χ2n) is 6.11. The Bertz CT molecular complexity index is 1160. The lowest BCUT2D eigenvalue weighted by Crippen LogP contribution is -2.23. The minimum atomic E-state index is -0.529. The zero-order valence-electron chi connectivity index (χ0n) is 14.7. The van der Waals surface area contributed by atoms with E-state index in [9.17, 15) is 9.18 Å². The van der Waals surface area contributed by atoms with Crippen molar-refractivity contribution in [2.75, 3.05) is 5.73 Å². The predicted octanol–water partition coefficient (Wildman–Crippen LogP) is 4.41. The molecule has 0 aliphatic heterocycles. The quantitative estimate of drug-likeness (QED) is 0.575. The Morgan fingerprint density at radius 2 is 1.50 bits per heavy atom. The number of halogens is 1. The number of hydrogen-bond donors (Lipinski definition) is 1. The lowest BCUT2D eigenvalue weighted by atomic mass is 10.1. The van der Waals surface area contributed by atoms with E-state index in [1.54, 1.807) is 12.1 Å². The molecule has 0 saturated carbocycles. The van der Waals surface area contributed by atoms with Gasteiger partial charge in [0.1, 0.15) is 17.3 Å². The maximum Gasteiger partial charge on any atom is 0.316 e. The first-order chi connectivity index (χ1) is 13.6. The van der Waals surface area contributed by atoms with Crippen LogP contribution >= 0.6 is 0 Å². The highest BCUT2D eigenvalue weighted by atomic mass is 19.1. The van der Waals surface area contributed by atoms with Crippen LogP contribution in [0, 0.1) is 5.82 Å². The average Bonchev–Trinajstić information content (AvgIpc) is 2.73. The molecule has 4 rings (SSSR count). The number of benzene rings is 3. The number of ether oxygens (including phenoxy) is 1. The fourth-order valence-electron chi connectivity index (χ4n) is 2.78. The third kappa shape index (κ3) is 3.48. The lowest BCUT2D eigenvalue weighted by Gasteiger charge is -2.11. The Balaban J connectivity index is 1.65. The van der Waals surface area contributed by atoms with E-state index in [2.05, 4.69) is 5.10 Å². The summed E-state index contributed by atoms with van der Waals surface area (Å²) in [5.41, 5.74) is 8.01. The van der Waals surface area contributed by atoms with Crippen molar-refractivity contribution in [2.24, 2.45) is 0 Å². The van der Waals surface area contributed by atoms with Gasteiger partial charge in [-0.05, 0) is 47.5 Å². The Morgan fingerprint density at radius 1 is 0.857 bits per heavy atom. The van der Waals surface area contributed by atoms with Gasteiger partial charge in [0, 0.05) is 0 Å². The van der Waals surface area contributed by atoms with Crippen LogP contribution in [0.2, 0.25) is 0 Å². The van der Waals surface area contributed by atoms with E-state index in [4.69, 9.17) is 10.5 Å². The molecule has 0 bridgehead atoms. The largest absolute Gasteiger partial charge is 0.449 e. The number of anilines is 1. The molecule has 0 fully saturated rings. The van der Waals surface area contributed by atoms with Gasteiger partial charge in [-0.3, -0.25) is 4.79 Å². The first kappa shape index (κ1) is 17.5. The van der Waals surface area contributed by atoms with Gasteiger partial charge < -0.3 is 10.5 Å². The molecule has 0 radical (unpaired) electrons. The van der Waals surface area contributed by atoms with Crippen molar-refractivity contribution < 1.29 is 9.13 Å². The molecule has 0 spiro atoms. The Kier molecular flexibility index (Phi) is 4.60. The van der Waals surface area contributed by atoms with Gasteiger partial charge in [-0.25, -0.2) is 4.39 Å². The van der Waals surface area contributed by atoms with E-state index < -0.39 is 11.4 Å². The molecule has 0 aliphatic rings. The number of aromatic nitrogens is 2. The number of hydrogen-bond acceptors (Lipinski definition) is 4. The van der Waals surface area contributed by atoms with Gasteiger partial charge >= 0.3 is 5.56 Å². The first-order valence-electron chi connectivity index (χ1n) is 8.59. The highest BCUT2D eigenvalue weighted by Crippen LogP contribution is 2.26. The number of nitrogens with zero attached hydrogens (tertiary/aromatic N) is 2. The molecule has 0 unspecified atom stereocenters. The van der Waals surface area contributed by atoms with Crippen molar-refractivity contribution in [3.63, 3.8) is 0 Å². The van der Waals surface area contributed by atoms with Gasteiger partial charge in [0.15, 0.2) is 0 Å². The summed E-state index contributed by atoms with van der Waals surface area (Å²) in [6.45, 7) is 0. The Labute approximate surface area is 160 Å². The molecule has 2 N–H and O–H groups in total. The topological polar surface area (TPSA) is 70.1 Å². The van der Waals surface area contributed by atoms with Crippen molar-refractivity contribution in [2.45, 2.75) is 0 Å². The molecule has 0 atom stereocenters. The summed E-state index contributed by atoms with van der Waals surface area (Å²) in [6.07, 6.45) is 1.33. The normalized spacial score (nSPS) is 10.6. The van der Waals surface area contributed by atoms with Crippen molar-refractivity contribution in [3.05, 3.63) is 101 Å². The van der Waals surface area contributed by atoms with E-state index in [1.165, 1.54) is 30.5 Å². The van der Waals surface area contributed by atoms with Crippen molar-refractivity contribution in [3.8, 4) is 28.3 Å². The summed E-state index contributed by atoms with van der Waals surface area (Å²) < 4.78 is 20.0. The zero-order valence-corrected chi connectivity index (χ0v) is 14.7. The average molecular weight is 373 g/mol. The van der Waals surface area contributed by atoms with Gasteiger partial charge in [0.05, 0.1) is 11.9 Å². The minimum Gasteiger partial charge on any atom is -0.449 e. The second kappa shape index (κ2) is 7.36. The first-order valence-corrected chi connectivity index (χ1v) is 8.59. The van der Waals surface area contributed by atoms with Crippen LogP contribution in [-0.2, 0) is 0 Å². The molecule has 0 saturated heterocycles. The predicted molar refractivity (Wildman–Crippen MR) is 106 cm³/mol. The van der Waals surface area contributed by atoms with Crippen molar-refractivity contribution in [1.82, 2.24) is 9.78 Å². The molecule has 3 aromatic carbocycles. The molecule has 0 amide bonds. The summed E-state index contributed by atoms with van der Waals surface area (Å²) in [4.78, 5) is 12.8. The van der Waals surface area contributed by atoms with E-state index in [0.717, 1.165) is 15.8 Å². The van der Waals surface area contributed by atoms with Crippen LogP contribution in [0.15, 0.2) is 89.9 Å². The molecule has 138 valence electrons. The van der Waals surface area contributed by atoms with Crippen LogP contribution in [0.25, 0.3) is 16.8 Å². The number of nitrogens with two attached hydrogens (primary N) is 1. The highest BCUT2D eigenvalue weighted by Gasteiger charge is 2.13. The highest BCUT2D eigenvalue weighted by molar-refractivity contribution is 5.64. The molecule has 0 aliphatic carbocycles. The van der Waals surface area contributed by atoms with Gasteiger partial charge in [0.2, 0.25) is 5.75 Å². The molecule has 4 aromatic rings. The van der Waals surface area contributed by atoms with Crippen LogP contribution in [0.4, 0.5) is 10.1 Å². The molecule has 6 heteroatoms. The molecule has 1 heterocycles. The van der Waals surface area contributed by atoms with Crippen LogP contribution in [0.3, 0.4) is 0 Å². The molecule has 1 aromatic heterocycles. The third-order valence-electron chi connectivity index (χ3n) is 4.21. The van der Waals surface area contributed by atoms with Crippen LogP contribution < -0.4 is 16.0 Å². The lowest BCUT2D eigenvalue weighted by molar-refractivity contribution is 0.470. The fraction of sp³-hybridized carbons (Fsp3) is 0. The van der Waals surface area contributed by atoms with E-state index in [-0.39, 0.29) is 11.4 Å². The summed E-state index contributed by atoms with van der Waals surface area (Å²) in [5, 5.41) is 4.01. The van der Waals surface area contributed by atoms with Crippen LogP contribution in [-0.4, -0.2) is 9.78 Å². The fourth-order valence-corrected chi connectivity index (χ4v) is 2.78. The summed E-state index contributed by atoms with van der Waals surface area (Å²) in [6, 6.07) is 22.7. The van der Waals surface area contributed by atoms with Crippen LogP contribution in [0.5, 0.6) is 11.5 Å². The van der Waals surface area contributed by atoms with Gasteiger partial charge in [-0.2, -0.15) is 9.78 Å². The monoisotopic (exact) mass is 373 g/mol. The van der Waals surface area contributed by atoms with Gasteiger partial charge in [-0.15, -0.1) is 0 Å². The van der Waals surface area contributed by atoms with E-state index in [1.807, 2.05) is 42.5 Å². The maximum atomic E-state index is 13.1. The molecule has 28 heavy (non-hydrogen) atoms. The molecular weight excluding hydrogens is 357 g/mol. The second-order valence-corrected chi connectivity index (χ2v) is 6.11. The van der Waals surface area contributed by atoms with Crippen molar-refractivity contribution >= 4 is 5.69 Å². The van der Waals surface area contributed by atoms with E-state index >= 15 is 0 Å². The SMILES string of the molecule is Nc1cnn(-c2ccc(F)cc2)c(=O)c1Oc1ccc(-c2ccccc2)cc1. The zero-order chi connectivity index (χ0) is 19.5. The Hall–Kier alpha value is -3.93. The summed E-state index contributed by atoms with van der Waals surface area (Å²) in [7, 11) is 0. The summed E-state index contributed by atoms with van der Waals surface area (Å²) >= 11 is 0. The van der Waals surface area contributed by atoms with Gasteiger partial charge in [-0.1, -0.05) is 42.5 Å². The van der Waals surface area contributed by atoms with Crippen molar-refractivity contribution in [1.29, 1.82) is 0 Å². The van der Waals surface area contributed by atoms with E-state index in [0.29, 0.717) is 11.4 Å². The standard InChI is InChI=1S/C22H16FN3O2/c23-17-8-10-18(11-9-17)26-22(27)21(20(24)14-25-26)28-19-12-6-16(7-13-19)15-4-2-1-3-5-15/h1-14H,24H2. The van der Waals surface area contributed by atoms with Gasteiger partial charge in [0.25, 0.3) is 0 Å². The van der Waals surface area contributed by atoms with Crippen LogP contribution in [0.1, 0.15) is 0 Å². The maximum absolute atomic E-state index is 13.1. The molecular formula is C22H16FN3O2. The Morgan fingerprint density at radius 3 is 2.18 bits per heavy atom. The number of rotatable bonds is 4. The third-order valence-corrected chi connectivity index (χ3v) is 4.21. The minimum absolute atomic E-state index is 0.0354. The molecule has 5 nitrogen and oxygen atoms in total. The smallest absolute Gasteiger partial charge is 0.316 e. The number of nitrogen functional groups attached to an aromatic ring is 1. The summed E-state index contributed by atoms with van der Waals surface area (Å²) in [5.74, 6) is 0.0364.